The molecular weight excluding hydrogens is 372 g/mol. The van der Waals surface area contributed by atoms with Gasteiger partial charge in [0, 0.05) is 31.6 Å². The number of rotatable bonds is 4. The van der Waals surface area contributed by atoms with E-state index in [0.29, 0.717) is 18.7 Å². The average Bonchev–Trinajstić information content (AvgIpc) is 3.11. The first kappa shape index (κ1) is 19.3. The molecule has 2 aromatic carbocycles. The molecule has 0 aliphatic carbocycles. The number of hydrogen-bond acceptors (Lipinski definition) is 2. The molecule has 150 valence electrons. The van der Waals surface area contributed by atoms with Crippen LogP contribution in [0.1, 0.15) is 30.0 Å². The zero-order chi connectivity index (χ0) is 20.4. The van der Waals surface area contributed by atoms with Gasteiger partial charge < -0.3 is 4.90 Å². The van der Waals surface area contributed by atoms with Crippen LogP contribution in [0, 0.1) is 11.6 Å². The number of nitrogens with zero attached hydrogens (tertiary/aromatic N) is 3. The Balaban J connectivity index is 1.40. The maximum atomic E-state index is 13.8. The van der Waals surface area contributed by atoms with Gasteiger partial charge in [-0.25, -0.2) is 8.78 Å². The van der Waals surface area contributed by atoms with E-state index < -0.39 is 0 Å². The van der Waals surface area contributed by atoms with E-state index in [1.165, 1.54) is 18.2 Å². The van der Waals surface area contributed by atoms with Crippen LogP contribution in [0.2, 0.25) is 0 Å². The first-order chi connectivity index (χ1) is 14.0. The van der Waals surface area contributed by atoms with Gasteiger partial charge in [0.05, 0.1) is 17.8 Å². The molecule has 0 unspecified atom stereocenters. The number of likely N-dealkylation sites (tertiary alicyclic amines) is 1. The summed E-state index contributed by atoms with van der Waals surface area (Å²) in [6.45, 7) is 1.26. The zero-order valence-electron chi connectivity index (χ0n) is 16.3. The number of amides is 1. The average molecular weight is 395 g/mol. The quantitative estimate of drug-likeness (QED) is 0.660. The number of hydrogen-bond donors (Lipinski definition) is 0. The van der Waals surface area contributed by atoms with Crippen molar-refractivity contribution in [2.45, 2.75) is 25.2 Å². The molecule has 2 heterocycles. The molecule has 0 atom stereocenters. The number of carbonyl (C=O) groups excluding carboxylic acids is 1. The lowest BCUT2D eigenvalue weighted by Gasteiger charge is -2.31. The molecule has 1 aromatic heterocycles. The predicted octanol–water partition coefficient (Wildman–Crippen LogP) is 4.31. The second kappa shape index (κ2) is 8.15. The van der Waals surface area contributed by atoms with Crippen molar-refractivity contribution >= 4 is 5.91 Å². The number of halogens is 2. The summed E-state index contributed by atoms with van der Waals surface area (Å²) in [5, 5.41) is 4.63. The van der Waals surface area contributed by atoms with E-state index in [9.17, 15) is 13.6 Å². The molecule has 6 heteroatoms. The summed E-state index contributed by atoms with van der Waals surface area (Å²) in [6, 6.07) is 14.9. The summed E-state index contributed by atoms with van der Waals surface area (Å²) < 4.78 is 29.1. The maximum Gasteiger partial charge on any atom is 0.227 e. The monoisotopic (exact) mass is 395 g/mol. The lowest BCUT2D eigenvalue weighted by atomic mass is 9.92. The van der Waals surface area contributed by atoms with Crippen molar-refractivity contribution in [2.75, 3.05) is 13.1 Å². The zero-order valence-corrected chi connectivity index (χ0v) is 16.3. The van der Waals surface area contributed by atoms with E-state index in [0.717, 1.165) is 29.8 Å². The third-order valence-electron chi connectivity index (χ3n) is 5.58. The summed E-state index contributed by atoms with van der Waals surface area (Å²) in [4.78, 5) is 14.3. The maximum absolute atomic E-state index is 13.8. The van der Waals surface area contributed by atoms with Crippen molar-refractivity contribution in [2.24, 2.45) is 7.05 Å². The minimum absolute atomic E-state index is 0.0463. The Morgan fingerprint density at radius 2 is 1.83 bits per heavy atom. The third-order valence-corrected chi connectivity index (χ3v) is 5.58. The van der Waals surface area contributed by atoms with Gasteiger partial charge >= 0.3 is 0 Å². The molecular formula is C23H23F2N3O. The highest BCUT2D eigenvalue weighted by Crippen LogP contribution is 2.30. The van der Waals surface area contributed by atoms with Crippen LogP contribution in [0.5, 0.6) is 0 Å². The Kier molecular flexibility index (Phi) is 5.43. The standard InChI is InChI=1S/C23H23F2N3O/c1-27-22(18-6-4-7-19(24)13-18)15-21(26-27)16-9-11-28(12-10-16)23(29)14-17-5-2-3-8-20(17)25/h2-8,13,15-16H,9-12,14H2,1H3. The smallest absolute Gasteiger partial charge is 0.227 e. The Morgan fingerprint density at radius 3 is 2.55 bits per heavy atom. The number of benzene rings is 2. The van der Waals surface area contributed by atoms with Crippen LogP contribution < -0.4 is 0 Å². The molecule has 0 N–H and O–H groups in total. The highest BCUT2D eigenvalue weighted by Gasteiger charge is 2.26. The highest BCUT2D eigenvalue weighted by molar-refractivity contribution is 5.79. The van der Waals surface area contributed by atoms with E-state index in [2.05, 4.69) is 5.10 Å². The third kappa shape index (κ3) is 4.21. The van der Waals surface area contributed by atoms with Crippen molar-refractivity contribution in [3.05, 3.63) is 77.5 Å². The molecule has 0 spiro atoms. The van der Waals surface area contributed by atoms with Crippen molar-refractivity contribution in [3.63, 3.8) is 0 Å². The molecule has 4 nitrogen and oxygen atoms in total. The lowest BCUT2D eigenvalue weighted by Crippen LogP contribution is -2.39. The van der Waals surface area contributed by atoms with Gasteiger partial charge in [-0.3, -0.25) is 9.48 Å². The Bertz CT molecular complexity index is 1020. The van der Waals surface area contributed by atoms with Crippen LogP contribution in [0.3, 0.4) is 0 Å². The summed E-state index contributed by atoms with van der Waals surface area (Å²) in [7, 11) is 1.86. The van der Waals surface area contributed by atoms with Gasteiger partial charge in [-0.05, 0) is 42.7 Å². The lowest BCUT2D eigenvalue weighted by molar-refractivity contribution is -0.131. The Hall–Kier alpha value is -3.02. The van der Waals surface area contributed by atoms with E-state index in [4.69, 9.17) is 0 Å². The normalized spacial score (nSPS) is 14.9. The topological polar surface area (TPSA) is 38.1 Å². The van der Waals surface area contributed by atoms with Gasteiger partial charge in [-0.1, -0.05) is 30.3 Å². The predicted molar refractivity (Wildman–Crippen MR) is 107 cm³/mol. The molecule has 1 aliphatic rings. The minimum atomic E-state index is -0.339. The summed E-state index contributed by atoms with van der Waals surface area (Å²) >= 11 is 0. The van der Waals surface area contributed by atoms with Crippen LogP contribution >= 0.6 is 0 Å². The molecule has 4 rings (SSSR count). The molecule has 1 aliphatic heterocycles. The van der Waals surface area contributed by atoms with E-state index >= 15 is 0 Å². The largest absolute Gasteiger partial charge is 0.342 e. The number of carbonyl (C=O) groups is 1. The highest BCUT2D eigenvalue weighted by atomic mass is 19.1. The number of aromatic nitrogens is 2. The second-order valence-electron chi connectivity index (χ2n) is 7.51. The van der Waals surface area contributed by atoms with Crippen LogP contribution in [0.15, 0.2) is 54.6 Å². The van der Waals surface area contributed by atoms with E-state index in [1.807, 2.05) is 19.2 Å². The molecule has 0 bridgehead atoms. The molecule has 1 amide bonds. The first-order valence-electron chi connectivity index (χ1n) is 9.82. The van der Waals surface area contributed by atoms with Gasteiger partial charge in [0.25, 0.3) is 0 Å². The van der Waals surface area contributed by atoms with Gasteiger partial charge in [0.1, 0.15) is 11.6 Å². The SMILES string of the molecule is Cn1nc(C2CCN(C(=O)Cc3ccccc3F)CC2)cc1-c1cccc(F)c1. The van der Waals surface area contributed by atoms with Crippen LogP contribution in [-0.4, -0.2) is 33.7 Å². The fourth-order valence-electron chi connectivity index (χ4n) is 3.95. The summed E-state index contributed by atoms with van der Waals surface area (Å²) in [6.07, 6.45) is 1.70. The van der Waals surface area contributed by atoms with Crippen molar-refractivity contribution in [3.8, 4) is 11.3 Å². The molecule has 1 fully saturated rings. The van der Waals surface area contributed by atoms with Gasteiger partial charge in [0.2, 0.25) is 5.91 Å². The number of piperidine rings is 1. The fourth-order valence-corrected chi connectivity index (χ4v) is 3.95. The Morgan fingerprint density at radius 1 is 1.07 bits per heavy atom. The van der Waals surface area contributed by atoms with Gasteiger partial charge in [-0.2, -0.15) is 5.10 Å². The fraction of sp³-hybridized carbons (Fsp3) is 0.304. The van der Waals surface area contributed by atoms with Crippen molar-refractivity contribution in [1.29, 1.82) is 0 Å². The van der Waals surface area contributed by atoms with Crippen LogP contribution in [-0.2, 0) is 18.3 Å². The second-order valence-corrected chi connectivity index (χ2v) is 7.51. The summed E-state index contributed by atoms with van der Waals surface area (Å²) in [5.74, 6) is -0.405. The van der Waals surface area contributed by atoms with Crippen LogP contribution in [0.4, 0.5) is 8.78 Å². The molecule has 1 saturated heterocycles. The minimum Gasteiger partial charge on any atom is -0.342 e. The van der Waals surface area contributed by atoms with Crippen molar-refractivity contribution in [1.82, 2.24) is 14.7 Å². The molecule has 3 aromatic rings. The molecule has 29 heavy (non-hydrogen) atoms. The van der Waals surface area contributed by atoms with Gasteiger partial charge in [-0.15, -0.1) is 0 Å². The van der Waals surface area contributed by atoms with Gasteiger partial charge in [0.15, 0.2) is 0 Å². The van der Waals surface area contributed by atoms with E-state index in [1.54, 1.807) is 33.8 Å². The Labute approximate surface area is 168 Å². The summed E-state index contributed by atoms with van der Waals surface area (Å²) in [5.41, 5.74) is 3.07. The van der Waals surface area contributed by atoms with Crippen LogP contribution in [0.25, 0.3) is 11.3 Å². The van der Waals surface area contributed by atoms with E-state index in [-0.39, 0.29) is 29.9 Å². The molecule has 0 saturated carbocycles. The first-order valence-corrected chi connectivity index (χ1v) is 9.82. The molecule has 0 radical (unpaired) electrons. The number of aryl methyl sites for hydroxylation is 1. The van der Waals surface area contributed by atoms with Crippen molar-refractivity contribution < 1.29 is 13.6 Å².